The van der Waals surface area contributed by atoms with Gasteiger partial charge in [0.1, 0.15) is 19.0 Å². The molecule has 5 nitrogen and oxygen atoms in total. The zero-order chi connectivity index (χ0) is 18.1. The van der Waals surface area contributed by atoms with Gasteiger partial charge in [0.05, 0.1) is 12.2 Å². The Balaban J connectivity index is 0.00000109. The van der Waals surface area contributed by atoms with Gasteiger partial charge in [-0.15, -0.1) is 0 Å². The van der Waals surface area contributed by atoms with Crippen molar-refractivity contribution in [2.45, 2.75) is 26.8 Å². The Morgan fingerprint density at radius 1 is 1.04 bits per heavy atom. The van der Waals surface area contributed by atoms with Crippen LogP contribution in [0.1, 0.15) is 19.4 Å². The molecule has 0 fully saturated rings. The number of nitrogens with zero attached hydrogens (tertiary/aromatic N) is 2. The number of hydrogen-bond donors (Lipinski definition) is 1. The molecule has 5 heteroatoms. The topological polar surface area (TPSA) is 70.3 Å². The van der Waals surface area contributed by atoms with Crippen molar-refractivity contribution in [3.63, 3.8) is 0 Å². The minimum Gasteiger partial charge on any atom is -0.490 e. The molecule has 1 unspecified atom stereocenters. The molecule has 0 amide bonds. The van der Waals surface area contributed by atoms with Crippen molar-refractivity contribution in [2.24, 2.45) is 5.73 Å². The maximum Gasteiger partial charge on any atom is 0.221 e. The monoisotopic (exact) mass is 339 g/mol. The molecule has 2 N–H and O–H groups in total. The number of pyridine rings is 2. The highest BCUT2D eigenvalue weighted by Gasteiger charge is 2.08. The van der Waals surface area contributed by atoms with E-state index in [2.05, 4.69) is 9.97 Å². The second kappa shape index (κ2) is 9.59. The van der Waals surface area contributed by atoms with Crippen LogP contribution < -0.4 is 15.2 Å². The largest absolute Gasteiger partial charge is 0.490 e. The van der Waals surface area contributed by atoms with Crippen molar-refractivity contribution in [2.75, 3.05) is 13.2 Å². The number of ether oxygens (including phenoxy) is 2. The highest BCUT2D eigenvalue weighted by atomic mass is 16.5. The maximum absolute atomic E-state index is 6.05. The van der Waals surface area contributed by atoms with Gasteiger partial charge < -0.3 is 15.2 Å². The van der Waals surface area contributed by atoms with Crippen LogP contribution in [0, 0.1) is 6.92 Å². The Bertz CT molecular complexity index is 787. The first-order chi connectivity index (χ1) is 12.2. The molecule has 1 aromatic carbocycles. The number of aryl methyl sites for hydroxylation is 1. The van der Waals surface area contributed by atoms with Crippen LogP contribution >= 0.6 is 0 Å². The number of benzene rings is 1. The summed E-state index contributed by atoms with van der Waals surface area (Å²) < 4.78 is 11.4. The molecular weight excluding hydrogens is 314 g/mol. The van der Waals surface area contributed by atoms with E-state index < -0.39 is 0 Å². The van der Waals surface area contributed by atoms with Crippen LogP contribution in [0.2, 0.25) is 0 Å². The summed E-state index contributed by atoms with van der Waals surface area (Å²) in [7, 11) is 0. The molecule has 0 saturated carbocycles. The van der Waals surface area contributed by atoms with Gasteiger partial charge in [-0.05, 0) is 36.1 Å². The quantitative estimate of drug-likeness (QED) is 0.740. The lowest BCUT2D eigenvalue weighted by Gasteiger charge is -2.14. The van der Waals surface area contributed by atoms with Gasteiger partial charge in [0.15, 0.2) is 0 Å². The summed E-state index contributed by atoms with van der Waals surface area (Å²) in [6.07, 6.45) is 5.19. The summed E-state index contributed by atoms with van der Waals surface area (Å²) in [6, 6.07) is 11.6. The van der Waals surface area contributed by atoms with Crippen LogP contribution in [0.15, 0.2) is 55.0 Å². The van der Waals surface area contributed by atoms with Gasteiger partial charge in [-0.1, -0.05) is 32.0 Å². The first-order valence-electron chi connectivity index (χ1n) is 8.49. The Hall–Kier alpha value is -2.66. The fourth-order valence-electron chi connectivity index (χ4n) is 2.25. The Morgan fingerprint density at radius 3 is 2.60 bits per heavy atom. The molecule has 0 bridgehead atoms. The predicted octanol–water partition coefficient (Wildman–Crippen LogP) is 3.75. The van der Waals surface area contributed by atoms with Gasteiger partial charge in [-0.3, -0.25) is 4.98 Å². The van der Waals surface area contributed by atoms with Crippen LogP contribution in [0.25, 0.3) is 10.8 Å². The molecule has 0 aliphatic rings. The van der Waals surface area contributed by atoms with Crippen molar-refractivity contribution in [1.82, 2.24) is 9.97 Å². The SMILES string of the molecule is CC.Cc1cncc(OCC(N)COc2nccc3ccccc23)c1. The van der Waals surface area contributed by atoms with Gasteiger partial charge in [0.25, 0.3) is 0 Å². The average Bonchev–Trinajstić information content (AvgIpc) is 2.66. The average molecular weight is 339 g/mol. The van der Waals surface area contributed by atoms with Gasteiger partial charge in [-0.25, -0.2) is 4.98 Å². The third kappa shape index (κ3) is 5.43. The molecule has 0 saturated heterocycles. The Labute approximate surface area is 148 Å². The van der Waals surface area contributed by atoms with E-state index in [-0.39, 0.29) is 6.04 Å². The van der Waals surface area contributed by atoms with Crippen molar-refractivity contribution in [1.29, 1.82) is 0 Å². The first-order valence-corrected chi connectivity index (χ1v) is 8.49. The molecule has 2 aromatic heterocycles. The number of rotatable bonds is 6. The van der Waals surface area contributed by atoms with Crippen molar-refractivity contribution < 1.29 is 9.47 Å². The summed E-state index contributed by atoms with van der Waals surface area (Å²) in [5, 5.41) is 2.07. The van der Waals surface area contributed by atoms with E-state index in [9.17, 15) is 0 Å². The van der Waals surface area contributed by atoms with Crippen molar-refractivity contribution >= 4 is 10.8 Å². The van der Waals surface area contributed by atoms with E-state index in [4.69, 9.17) is 15.2 Å². The molecule has 25 heavy (non-hydrogen) atoms. The molecule has 1 atom stereocenters. The summed E-state index contributed by atoms with van der Waals surface area (Å²) in [6.45, 7) is 6.66. The Morgan fingerprint density at radius 2 is 1.80 bits per heavy atom. The number of fused-ring (bicyclic) bond motifs is 1. The van der Waals surface area contributed by atoms with Crippen LogP contribution in [0.5, 0.6) is 11.6 Å². The van der Waals surface area contributed by atoms with Gasteiger partial charge >= 0.3 is 0 Å². The highest BCUT2D eigenvalue weighted by Crippen LogP contribution is 2.22. The molecular formula is C20H25N3O2. The van der Waals surface area contributed by atoms with E-state index in [0.717, 1.165) is 16.3 Å². The zero-order valence-electron chi connectivity index (χ0n) is 15.0. The summed E-state index contributed by atoms with van der Waals surface area (Å²) >= 11 is 0. The minimum atomic E-state index is -0.253. The second-order valence-corrected chi connectivity index (χ2v) is 5.42. The van der Waals surface area contributed by atoms with Crippen molar-refractivity contribution in [3.8, 4) is 11.6 Å². The lowest BCUT2D eigenvalue weighted by molar-refractivity contribution is 0.217. The van der Waals surface area contributed by atoms with E-state index >= 15 is 0 Å². The van der Waals surface area contributed by atoms with Gasteiger partial charge in [0, 0.05) is 17.8 Å². The van der Waals surface area contributed by atoms with Crippen LogP contribution in [0.4, 0.5) is 0 Å². The minimum absolute atomic E-state index is 0.253. The van der Waals surface area contributed by atoms with Crippen LogP contribution in [0.3, 0.4) is 0 Å². The maximum atomic E-state index is 6.05. The number of aromatic nitrogens is 2. The van der Waals surface area contributed by atoms with E-state index in [1.807, 2.05) is 57.2 Å². The molecule has 0 radical (unpaired) electrons. The van der Waals surface area contributed by atoms with E-state index in [1.54, 1.807) is 18.6 Å². The third-order valence-electron chi connectivity index (χ3n) is 3.39. The van der Waals surface area contributed by atoms with Crippen LogP contribution in [-0.2, 0) is 0 Å². The summed E-state index contributed by atoms with van der Waals surface area (Å²) in [4.78, 5) is 8.36. The molecule has 0 aliphatic carbocycles. The highest BCUT2D eigenvalue weighted by molar-refractivity contribution is 5.86. The lowest BCUT2D eigenvalue weighted by Crippen LogP contribution is -2.34. The Kier molecular flexibility index (Phi) is 7.16. The fraction of sp³-hybridized carbons (Fsp3) is 0.300. The first kappa shape index (κ1) is 18.7. The lowest BCUT2D eigenvalue weighted by atomic mass is 10.2. The smallest absolute Gasteiger partial charge is 0.221 e. The second-order valence-electron chi connectivity index (χ2n) is 5.42. The fourth-order valence-corrected chi connectivity index (χ4v) is 2.25. The molecule has 132 valence electrons. The molecule has 2 heterocycles. The van der Waals surface area contributed by atoms with Crippen LogP contribution in [-0.4, -0.2) is 29.2 Å². The predicted molar refractivity (Wildman–Crippen MR) is 101 cm³/mol. The molecule has 3 aromatic rings. The standard InChI is InChI=1S/C18H19N3O2.C2H6/c1-13-8-16(10-20-9-13)22-11-15(19)12-23-18-17-5-3-2-4-14(17)6-7-21-18;1-2/h2-10,15H,11-12,19H2,1H3;1-2H3. The third-order valence-corrected chi connectivity index (χ3v) is 3.39. The van der Waals surface area contributed by atoms with Gasteiger partial charge in [0.2, 0.25) is 5.88 Å². The normalized spacial score (nSPS) is 11.4. The van der Waals surface area contributed by atoms with E-state index in [0.29, 0.717) is 24.8 Å². The number of hydrogen-bond acceptors (Lipinski definition) is 5. The molecule has 3 rings (SSSR count). The molecule has 0 aliphatic heterocycles. The molecule has 0 spiro atoms. The number of nitrogens with two attached hydrogens (primary N) is 1. The van der Waals surface area contributed by atoms with Crippen molar-refractivity contribution in [3.05, 3.63) is 60.6 Å². The zero-order valence-corrected chi connectivity index (χ0v) is 15.0. The van der Waals surface area contributed by atoms with Gasteiger partial charge in [-0.2, -0.15) is 0 Å². The van der Waals surface area contributed by atoms with E-state index in [1.165, 1.54) is 0 Å². The summed E-state index contributed by atoms with van der Waals surface area (Å²) in [5.74, 6) is 1.31. The summed E-state index contributed by atoms with van der Waals surface area (Å²) in [5.41, 5.74) is 7.10.